The number of rotatable bonds is 4. The molecule has 4 rings (SSSR count). The van der Waals surface area contributed by atoms with E-state index in [-0.39, 0.29) is 10.6 Å². The van der Waals surface area contributed by atoms with Crippen LogP contribution in [0.1, 0.15) is 0 Å². The van der Waals surface area contributed by atoms with Gasteiger partial charge in [-0.1, -0.05) is 24.3 Å². The highest BCUT2D eigenvalue weighted by Gasteiger charge is 2.17. The molecule has 0 fully saturated rings. The fourth-order valence-corrected chi connectivity index (χ4v) is 3.82. The molecule has 0 spiro atoms. The van der Waals surface area contributed by atoms with Gasteiger partial charge in [-0.3, -0.25) is 9.29 Å². The molecule has 26 heavy (non-hydrogen) atoms. The first-order valence-corrected chi connectivity index (χ1v) is 9.36. The monoisotopic (exact) mass is 365 g/mol. The van der Waals surface area contributed by atoms with Gasteiger partial charge >= 0.3 is 0 Å². The van der Waals surface area contributed by atoms with Gasteiger partial charge in [0, 0.05) is 0 Å². The van der Waals surface area contributed by atoms with Crippen LogP contribution in [0.3, 0.4) is 0 Å². The van der Waals surface area contributed by atoms with Crippen LogP contribution in [0.25, 0.3) is 16.7 Å². The van der Waals surface area contributed by atoms with E-state index >= 15 is 0 Å². The normalized spacial score (nSPS) is 11.5. The summed E-state index contributed by atoms with van der Waals surface area (Å²) in [4.78, 5) is 4.43. The fraction of sp³-hybridized carbons (Fsp3) is 0. The molecule has 6 nitrogen and oxygen atoms in total. The summed E-state index contributed by atoms with van der Waals surface area (Å²) in [6.45, 7) is 0. The lowest BCUT2D eigenvalue weighted by atomic mass is 10.2. The van der Waals surface area contributed by atoms with Gasteiger partial charge in [0.15, 0.2) is 0 Å². The lowest BCUT2D eigenvalue weighted by Gasteiger charge is -2.14. The molecule has 0 radical (unpaired) electrons. The lowest BCUT2D eigenvalue weighted by Crippen LogP contribution is -2.14. The van der Waals surface area contributed by atoms with E-state index in [9.17, 15) is 13.5 Å². The van der Waals surface area contributed by atoms with Gasteiger partial charge in [0.25, 0.3) is 10.0 Å². The van der Waals surface area contributed by atoms with Gasteiger partial charge in [0.2, 0.25) is 0 Å². The predicted octanol–water partition coefficient (Wildman–Crippen LogP) is 3.53. The van der Waals surface area contributed by atoms with Crippen molar-refractivity contribution in [3.8, 4) is 11.4 Å². The number of phenolic OH excluding ortho intramolecular Hbond substituents is 1. The first-order valence-electron chi connectivity index (χ1n) is 7.88. The lowest BCUT2D eigenvalue weighted by molar-refractivity contribution is 0.475. The third kappa shape index (κ3) is 2.89. The smallest absolute Gasteiger partial charge is 0.261 e. The highest BCUT2D eigenvalue weighted by atomic mass is 32.2. The second-order valence-electron chi connectivity index (χ2n) is 5.72. The first kappa shape index (κ1) is 16.2. The SMILES string of the molecule is O=S(=O)(Nc1ccccc1-n1cnc2ccccc21)c1ccc(O)cc1. The third-order valence-corrected chi connectivity index (χ3v) is 5.39. The van der Waals surface area contributed by atoms with Crippen molar-refractivity contribution < 1.29 is 13.5 Å². The summed E-state index contributed by atoms with van der Waals surface area (Å²) in [5, 5.41) is 9.36. The molecule has 0 aliphatic carbocycles. The molecule has 0 amide bonds. The number of anilines is 1. The van der Waals surface area contributed by atoms with Gasteiger partial charge in [-0.05, 0) is 48.5 Å². The Kier molecular flexibility index (Phi) is 3.85. The molecular formula is C19H15N3O3S. The van der Waals surface area contributed by atoms with Crippen LogP contribution in [-0.4, -0.2) is 23.1 Å². The Bertz CT molecular complexity index is 1180. The summed E-state index contributed by atoms with van der Waals surface area (Å²) >= 11 is 0. The minimum absolute atomic E-state index is 0.00855. The van der Waals surface area contributed by atoms with E-state index < -0.39 is 10.0 Å². The van der Waals surface area contributed by atoms with Crippen molar-refractivity contribution in [2.45, 2.75) is 4.90 Å². The molecule has 0 saturated carbocycles. The second-order valence-corrected chi connectivity index (χ2v) is 7.40. The summed E-state index contributed by atoms with van der Waals surface area (Å²) in [7, 11) is -3.79. The number of benzene rings is 3. The molecule has 1 aromatic heterocycles. The van der Waals surface area contributed by atoms with E-state index in [4.69, 9.17) is 0 Å². The predicted molar refractivity (Wildman–Crippen MR) is 100.0 cm³/mol. The molecule has 3 aromatic carbocycles. The molecule has 0 saturated heterocycles. The fourth-order valence-electron chi connectivity index (χ4n) is 2.75. The maximum absolute atomic E-state index is 12.7. The van der Waals surface area contributed by atoms with Crippen molar-refractivity contribution in [1.29, 1.82) is 0 Å². The van der Waals surface area contributed by atoms with Crippen molar-refractivity contribution in [2.75, 3.05) is 4.72 Å². The minimum Gasteiger partial charge on any atom is -0.508 e. The zero-order valence-electron chi connectivity index (χ0n) is 13.6. The van der Waals surface area contributed by atoms with Crippen molar-refractivity contribution >= 4 is 26.7 Å². The van der Waals surface area contributed by atoms with Crippen LogP contribution in [0.2, 0.25) is 0 Å². The van der Waals surface area contributed by atoms with Gasteiger partial charge in [-0.15, -0.1) is 0 Å². The molecule has 0 bridgehead atoms. The van der Waals surface area contributed by atoms with Crippen LogP contribution in [0.15, 0.2) is 84.0 Å². The van der Waals surface area contributed by atoms with Crippen LogP contribution in [0.4, 0.5) is 5.69 Å². The van der Waals surface area contributed by atoms with Gasteiger partial charge in [0.1, 0.15) is 12.1 Å². The number of aromatic nitrogens is 2. The Labute approximate surface area is 150 Å². The van der Waals surface area contributed by atoms with Gasteiger partial charge in [0.05, 0.1) is 27.3 Å². The first-order chi connectivity index (χ1) is 12.5. The second kappa shape index (κ2) is 6.20. The van der Waals surface area contributed by atoms with Crippen LogP contribution >= 0.6 is 0 Å². The van der Waals surface area contributed by atoms with Gasteiger partial charge in [-0.2, -0.15) is 0 Å². The zero-order chi connectivity index (χ0) is 18.1. The van der Waals surface area contributed by atoms with Crippen LogP contribution in [0.5, 0.6) is 5.75 Å². The number of imidazole rings is 1. The molecule has 4 aromatic rings. The summed E-state index contributed by atoms with van der Waals surface area (Å²) in [5.74, 6) is 0.00855. The summed E-state index contributed by atoms with van der Waals surface area (Å²) < 4.78 is 29.8. The molecule has 0 atom stereocenters. The average molecular weight is 365 g/mol. The number of sulfonamides is 1. The Morgan fingerprint density at radius 2 is 1.58 bits per heavy atom. The molecule has 7 heteroatoms. The summed E-state index contributed by atoms with van der Waals surface area (Å²) in [6, 6.07) is 20.1. The van der Waals surface area contributed by atoms with Crippen LogP contribution in [0, 0.1) is 0 Å². The highest BCUT2D eigenvalue weighted by Crippen LogP contribution is 2.27. The van der Waals surface area contributed by atoms with Gasteiger partial charge < -0.3 is 5.11 Å². The number of hydrogen-bond donors (Lipinski definition) is 2. The highest BCUT2D eigenvalue weighted by molar-refractivity contribution is 7.92. The van der Waals surface area contributed by atoms with E-state index in [0.29, 0.717) is 11.4 Å². The Balaban J connectivity index is 1.78. The zero-order valence-corrected chi connectivity index (χ0v) is 14.4. The van der Waals surface area contributed by atoms with Crippen molar-refractivity contribution in [3.63, 3.8) is 0 Å². The number of phenols is 1. The Morgan fingerprint density at radius 1 is 0.885 bits per heavy atom. The quantitative estimate of drug-likeness (QED) is 0.579. The summed E-state index contributed by atoms with van der Waals surface area (Å²) in [6.07, 6.45) is 1.67. The van der Waals surface area contributed by atoms with Crippen LogP contribution in [-0.2, 0) is 10.0 Å². The van der Waals surface area contributed by atoms with E-state index in [0.717, 1.165) is 11.0 Å². The topological polar surface area (TPSA) is 84.2 Å². The van der Waals surface area contributed by atoms with Gasteiger partial charge in [-0.25, -0.2) is 13.4 Å². The largest absolute Gasteiger partial charge is 0.508 e. The number of nitrogens with zero attached hydrogens (tertiary/aromatic N) is 2. The van der Waals surface area contributed by atoms with E-state index in [2.05, 4.69) is 9.71 Å². The number of aromatic hydroxyl groups is 1. The molecule has 0 unspecified atom stereocenters. The summed E-state index contributed by atoms with van der Waals surface area (Å²) in [5.41, 5.74) is 2.81. The molecule has 130 valence electrons. The average Bonchev–Trinajstić information content (AvgIpc) is 3.06. The van der Waals surface area contributed by atoms with E-state index in [1.807, 2.05) is 41.0 Å². The maximum atomic E-state index is 12.7. The number of hydrogen-bond acceptors (Lipinski definition) is 4. The minimum atomic E-state index is -3.79. The third-order valence-electron chi connectivity index (χ3n) is 4.01. The van der Waals surface area contributed by atoms with Crippen molar-refractivity contribution in [2.24, 2.45) is 0 Å². The number of para-hydroxylation sites is 4. The van der Waals surface area contributed by atoms with Crippen molar-refractivity contribution in [3.05, 3.63) is 79.1 Å². The standard InChI is InChI=1S/C19H15N3O3S/c23-14-9-11-15(12-10-14)26(24,25)21-17-6-2-4-8-19(17)22-13-20-16-5-1-3-7-18(16)22/h1-13,21,23H. The molecule has 1 heterocycles. The van der Waals surface area contributed by atoms with E-state index in [1.54, 1.807) is 18.5 Å². The number of nitrogens with one attached hydrogen (secondary N) is 1. The molecule has 0 aliphatic heterocycles. The van der Waals surface area contributed by atoms with E-state index in [1.165, 1.54) is 24.3 Å². The molecule has 2 N–H and O–H groups in total. The Morgan fingerprint density at radius 3 is 2.38 bits per heavy atom. The Hall–Kier alpha value is -3.32. The molecular weight excluding hydrogens is 350 g/mol. The molecule has 0 aliphatic rings. The van der Waals surface area contributed by atoms with Crippen molar-refractivity contribution in [1.82, 2.24) is 9.55 Å². The van der Waals surface area contributed by atoms with Crippen LogP contribution < -0.4 is 4.72 Å². The maximum Gasteiger partial charge on any atom is 0.261 e. The number of fused-ring (bicyclic) bond motifs is 1.